The van der Waals surface area contributed by atoms with Crippen LogP contribution >= 0.6 is 0 Å². The van der Waals surface area contributed by atoms with Crippen LogP contribution in [0.5, 0.6) is 0 Å². The Morgan fingerprint density at radius 2 is 2.11 bits per heavy atom. The summed E-state index contributed by atoms with van der Waals surface area (Å²) in [6.07, 6.45) is 7.50. The van der Waals surface area contributed by atoms with Gasteiger partial charge in [0.15, 0.2) is 0 Å². The number of hydrogen-bond donors (Lipinski definition) is 1. The van der Waals surface area contributed by atoms with Gasteiger partial charge >= 0.3 is 0 Å². The van der Waals surface area contributed by atoms with Crippen LogP contribution in [-0.2, 0) is 6.54 Å². The maximum absolute atomic E-state index is 4.61. The van der Waals surface area contributed by atoms with E-state index in [2.05, 4.69) is 41.2 Å². The van der Waals surface area contributed by atoms with Crippen LogP contribution in [0.1, 0.15) is 45.1 Å². The zero-order valence-electron chi connectivity index (χ0n) is 12.1. The summed E-state index contributed by atoms with van der Waals surface area (Å²) in [6, 6.07) is 5.70. The summed E-state index contributed by atoms with van der Waals surface area (Å²) in [5.74, 6) is 2.12. The van der Waals surface area contributed by atoms with Gasteiger partial charge in [-0.3, -0.25) is 0 Å². The second kappa shape index (κ2) is 5.49. The van der Waals surface area contributed by atoms with Gasteiger partial charge in [-0.15, -0.1) is 0 Å². The Hall–Kier alpha value is -1.09. The van der Waals surface area contributed by atoms with Crippen LogP contribution < -0.4 is 10.2 Å². The topological polar surface area (TPSA) is 28.2 Å². The van der Waals surface area contributed by atoms with Crippen LogP contribution in [0.4, 0.5) is 5.82 Å². The Bertz CT molecular complexity index is 422. The van der Waals surface area contributed by atoms with Crippen molar-refractivity contribution in [1.29, 1.82) is 0 Å². The summed E-state index contributed by atoms with van der Waals surface area (Å²) in [7, 11) is 0. The molecule has 3 nitrogen and oxygen atoms in total. The number of nitrogens with one attached hydrogen (secondary N) is 1. The summed E-state index contributed by atoms with van der Waals surface area (Å²) < 4.78 is 0. The lowest BCUT2D eigenvalue weighted by Crippen LogP contribution is -2.29. The lowest BCUT2D eigenvalue weighted by molar-refractivity contribution is 0.588. The molecule has 0 atom stereocenters. The Morgan fingerprint density at radius 1 is 1.32 bits per heavy atom. The highest BCUT2D eigenvalue weighted by Crippen LogP contribution is 2.37. The number of aromatic nitrogens is 1. The van der Waals surface area contributed by atoms with E-state index in [-0.39, 0.29) is 0 Å². The summed E-state index contributed by atoms with van der Waals surface area (Å²) >= 11 is 0. The molecule has 3 heteroatoms. The number of rotatable bonds is 7. The molecule has 3 rings (SSSR count). The number of nitrogens with zero attached hydrogens (tertiary/aromatic N) is 2. The van der Waals surface area contributed by atoms with E-state index in [0.717, 1.165) is 18.5 Å². The zero-order chi connectivity index (χ0) is 13.2. The summed E-state index contributed by atoms with van der Waals surface area (Å²) in [5, 5.41) is 3.48. The highest BCUT2D eigenvalue weighted by Gasteiger charge is 2.34. The summed E-state index contributed by atoms with van der Waals surface area (Å²) in [6.45, 7) is 6.53. The maximum Gasteiger partial charge on any atom is 0.129 e. The summed E-state index contributed by atoms with van der Waals surface area (Å²) in [4.78, 5) is 7.16. The quantitative estimate of drug-likeness (QED) is 0.816. The van der Waals surface area contributed by atoms with Crippen molar-refractivity contribution in [3.8, 4) is 0 Å². The molecule has 2 saturated carbocycles. The lowest BCUT2D eigenvalue weighted by Gasteiger charge is -2.24. The van der Waals surface area contributed by atoms with Gasteiger partial charge in [-0.05, 0) is 49.3 Å². The molecule has 1 aromatic heterocycles. The van der Waals surface area contributed by atoms with E-state index in [1.165, 1.54) is 43.6 Å². The molecule has 104 valence electrons. The second-order valence-corrected chi connectivity index (χ2v) is 6.38. The zero-order valence-corrected chi connectivity index (χ0v) is 12.1. The van der Waals surface area contributed by atoms with Crippen molar-refractivity contribution in [1.82, 2.24) is 10.3 Å². The highest BCUT2D eigenvalue weighted by molar-refractivity contribution is 5.44. The molecule has 0 aromatic carbocycles. The third kappa shape index (κ3) is 3.69. The lowest BCUT2D eigenvalue weighted by atomic mass is 10.2. The standard InChI is InChI=1S/C16H25N3/c1-12(2)18-10-14-7-8-17-16(9-14)19(15-5-6-15)11-13-3-4-13/h7-9,12-13,15,18H,3-6,10-11H2,1-2H3. The number of hydrogen-bond acceptors (Lipinski definition) is 3. The molecule has 0 saturated heterocycles. The van der Waals surface area contributed by atoms with Crippen molar-refractivity contribution < 1.29 is 0 Å². The number of pyridine rings is 1. The van der Waals surface area contributed by atoms with Crippen LogP contribution in [-0.4, -0.2) is 23.6 Å². The minimum atomic E-state index is 0.530. The van der Waals surface area contributed by atoms with Gasteiger partial charge < -0.3 is 10.2 Å². The first kappa shape index (κ1) is 12.9. The second-order valence-electron chi connectivity index (χ2n) is 6.38. The minimum absolute atomic E-state index is 0.530. The predicted octanol–water partition coefficient (Wildman–Crippen LogP) is 2.96. The molecular formula is C16H25N3. The molecule has 0 radical (unpaired) electrons. The van der Waals surface area contributed by atoms with E-state index in [1.54, 1.807) is 0 Å². The molecule has 0 unspecified atom stereocenters. The Kier molecular flexibility index (Phi) is 3.74. The molecular weight excluding hydrogens is 234 g/mol. The molecule has 1 heterocycles. The molecule has 2 fully saturated rings. The maximum atomic E-state index is 4.61. The fourth-order valence-corrected chi connectivity index (χ4v) is 2.44. The van der Waals surface area contributed by atoms with E-state index in [1.807, 2.05) is 6.20 Å². The largest absolute Gasteiger partial charge is 0.353 e. The molecule has 0 amide bonds. The van der Waals surface area contributed by atoms with Gasteiger partial charge in [0, 0.05) is 31.4 Å². The Morgan fingerprint density at radius 3 is 2.74 bits per heavy atom. The van der Waals surface area contributed by atoms with Crippen molar-refractivity contribution in [3.05, 3.63) is 23.9 Å². The minimum Gasteiger partial charge on any atom is -0.353 e. The van der Waals surface area contributed by atoms with Gasteiger partial charge in [-0.25, -0.2) is 4.98 Å². The Labute approximate surface area is 116 Å². The summed E-state index contributed by atoms with van der Waals surface area (Å²) in [5.41, 5.74) is 1.35. The fourth-order valence-electron chi connectivity index (χ4n) is 2.44. The van der Waals surface area contributed by atoms with Crippen LogP contribution in [0.15, 0.2) is 18.3 Å². The van der Waals surface area contributed by atoms with Crippen LogP contribution in [0.25, 0.3) is 0 Å². The molecule has 2 aliphatic rings. The van der Waals surface area contributed by atoms with E-state index in [9.17, 15) is 0 Å². The van der Waals surface area contributed by atoms with Gasteiger partial charge in [0.2, 0.25) is 0 Å². The molecule has 1 N–H and O–H groups in total. The molecule has 19 heavy (non-hydrogen) atoms. The van der Waals surface area contributed by atoms with E-state index in [0.29, 0.717) is 6.04 Å². The number of anilines is 1. The van der Waals surface area contributed by atoms with Gasteiger partial charge in [0.1, 0.15) is 5.82 Å². The van der Waals surface area contributed by atoms with Crippen molar-refractivity contribution >= 4 is 5.82 Å². The van der Waals surface area contributed by atoms with Crippen molar-refractivity contribution in [2.75, 3.05) is 11.4 Å². The first-order chi connectivity index (χ1) is 9.22. The Balaban J connectivity index is 1.68. The van der Waals surface area contributed by atoms with Crippen LogP contribution in [0.3, 0.4) is 0 Å². The van der Waals surface area contributed by atoms with Gasteiger partial charge in [0.25, 0.3) is 0 Å². The smallest absolute Gasteiger partial charge is 0.129 e. The third-order valence-electron chi connectivity index (χ3n) is 3.96. The molecule has 0 bridgehead atoms. The van der Waals surface area contributed by atoms with Crippen LogP contribution in [0, 0.1) is 5.92 Å². The molecule has 0 spiro atoms. The monoisotopic (exact) mass is 259 g/mol. The molecule has 2 aliphatic carbocycles. The van der Waals surface area contributed by atoms with Crippen molar-refractivity contribution in [3.63, 3.8) is 0 Å². The predicted molar refractivity (Wildman–Crippen MR) is 79.3 cm³/mol. The van der Waals surface area contributed by atoms with E-state index >= 15 is 0 Å². The van der Waals surface area contributed by atoms with Crippen molar-refractivity contribution in [2.45, 2.75) is 58.2 Å². The highest BCUT2D eigenvalue weighted by atomic mass is 15.2. The first-order valence-electron chi connectivity index (χ1n) is 7.67. The third-order valence-corrected chi connectivity index (χ3v) is 3.96. The first-order valence-corrected chi connectivity index (χ1v) is 7.67. The average Bonchev–Trinajstić information content (AvgIpc) is 3.26. The SMILES string of the molecule is CC(C)NCc1ccnc(N(CC2CC2)C2CC2)c1. The fraction of sp³-hybridized carbons (Fsp3) is 0.688. The van der Waals surface area contributed by atoms with Crippen LogP contribution in [0.2, 0.25) is 0 Å². The average molecular weight is 259 g/mol. The molecule has 1 aromatic rings. The van der Waals surface area contributed by atoms with Crippen molar-refractivity contribution in [2.24, 2.45) is 5.92 Å². The normalized spacial score (nSPS) is 18.9. The van der Waals surface area contributed by atoms with E-state index < -0.39 is 0 Å². The molecule has 0 aliphatic heterocycles. The van der Waals surface area contributed by atoms with Gasteiger partial charge in [-0.2, -0.15) is 0 Å². The van der Waals surface area contributed by atoms with Gasteiger partial charge in [0.05, 0.1) is 0 Å². The van der Waals surface area contributed by atoms with Gasteiger partial charge in [-0.1, -0.05) is 13.8 Å². The van der Waals surface area contributed by atoms with E-state index in [4.69, 9.17) is 0 Å².